The Morgan fingerprint density at radius 3 is 2.44 bits per heavy atom. The van der Waals surface area contributed by atoms with E-state index in [1.165, 1.54) is 31.4 Å². The molecule has 0 radical (unpaired) electrons. The van der Waals surface area contributed by atoms with E-state index in [1.807, 2.05) is 48.7 Å². The summed E-state index contributed by atoms with van der Waals surface area (Å²) in [4.78, 5) is 24.8. The highest BCUT2D eigenvalue weighted by Crippen LogP contribution is 2.29. The highest BCUT2D eigenvalue weighted by Gasteiger charge is 2.17. The van der Waals surface area contributed by atoms with Crippen molar-refractivity contribution in [2.45, 2.75) is 27.0 Å². The van der Waals surface area contributed by atoms with Crippen LogP contribution in [0, 0.1) is 13.8 Å². The van der Waals surface area contributed by atoms with Crippen molar-refractivity contribution in [2.75, 3.05) is 13.7 Å². The molecule has 0 amide bonds. The number of hydrogen-bond donors (Lipinski definition) is 0. The molecule has 34 heavy (non-hydrogen) atoms. The van der Waals surface area contributed by atoms with Crippen molar-refractivity contribution in [2.24, 2.45) is 0 Å². The summed E-state index contributed by atoms with van der Waals surface area (Å²) in [5, 5.41) is 0. The van der Waals surface area contributed by atoms with Gasteiger partial charge >= 0.3 is 12.6 Å². The summed E-state index contributed by atoms with van der Waals surface area (Å²) in [7, 11) is 1.32. The molecule has 0 bridgehead atoms. The van der Waals surface area contributed by atoms with Crippen LogP contribution in [0.1, 0.15) is 32.9 Å². The number of alkyl halides is 2. The molecular weight excluding hydrogens is 444 g/mol. The molecule has 0 saturated heterocycles. The quantitative estimate of drug-likeness (QED) is 0.232. The van der Waals surface area contributed by atoms with Crippen LogP contribution in [0.15, 0.2) is 60.7 Å². The number of carbonyl (C=O) groups is 2. The molecule has 0 aliphatic heterocycles. The lowest BCUT2D eigenvalue weighted by atomic mass is 10.1. The number of ether oxygens (including phenoxy) is 3. The number of aryl methyl sites for hydroxylation is 1. The van der Waals surface area contributed by atoms with E-state index in [9.17, 15) is 18.4 Å². The number of aromatic nitrogens is 1. The normalized spacial score (nSPS) is 11.1. The molecule has 2 aromatic carbocycles. The van der Waals surface area contributed by atoms with Crippen LogP contribution in [-0.2, 0) is 16.1 Å². The summed E-state index contributed by atoms with van der Waals surface area (Å²) in [5.74, 6) is -1.04. The minimum Gasteiger partial charge on any atom is -0.493 e. The fourth-order valence-corrected chi connectivity index (χ4v) is 3.50. The summed E-state index contributed by atoms with van der Waals surface area (Å²) in [6.07, 6.45) is 2.57. The molecule has 0 unspecified atom stereocenters. The SMILES string of the molecule is COc1cc(C=CC(=O)OCC(=O)c2cc(C)n(Cc3ccccc3)c2C)ccc1OC(F)F. The zero-order chi connectivity index (χ0) is 24.7. The maximum absolute atomic E-state index is 12.7. The van der Waals surface area contributed by atoms with Crippen LogP contribution in [0.5, 0.6) is 11.5 Å². The van der Waals surface area contributed by atoms with Gasteiger partial charge in [0.2, 0.25) is 5.78 Å². The van der Waals surface area contributed by atoms with E-state index in [0.717, 1.165) is 23.0 Å². The lowest BCUT2D eigenvalue weighted by Crippen LogP contribution is -2.13. The minimum atomic E-state index is -2.98. The number of hydrogen-bond acceptors (Lipinski definition) is 5. The second-order valence-corrected chi connectivity index (χ2v) is 7.51. The molecule has 0 aliphatic carbocycles. The van der Waals surface area contributed by atoms with E-state index < -0.39 is 19.2 Å². The lowest BCUT2D eigenvalue weighted by Gasteiger charge is -2.10. The zero-order valence-corrected chi connectivity index (χ0v) is 19.1. The Labute approximate surface area is 196 Å². The van der Waals surface area contributed by atoms with Crippen molar-refractivity contribution < 1.29 is 32.6 Å². The number of ketones is 1. The molecule has 0 spiro atoms. The Kier molecular flexibility index (Phi) is 8.19. The second kappa shape index (κ2) is 11.3. The average Bonchev–Trinajstić information content (AvgIpc) is 3.10. The summed E-state index contributed by atoms with van der Waals surface area (Å²) in [6.45, 7) is 1.04. The molecule has 178 valence electrons. The fourth-order valence-electron chi connectivity index (χ4n) is 3.50. The van der Waals surface area contributed by atoms with Crippen LogP contribution in [-0.4, -0.2) is 36.6 Å². The number of rotatable bonds is 10. The van der Waals surface area contributed by atoms with Crippen molar-refractivity contribution in [1.29, 1.82) is 0 Å². The molecule has 6 nitrogen and oxygen atoms in total. The first-order chi connectivity index (χ1) is 16.3. The van der Waals surface area contributed by atoms with Crippen molar-refractivity contribution in [1.82, 2.24) is 4.57 Å². The third kappa shape index (κ3) is 6.31. The van der Waals surface area contributed by atoms with Crippen molar-refractivity contribution in [3.63, 3.8) is 0 Å². The van der Waals surface area contributed by atoms with E-state index in [2.05, 4.69) is 4.74 Å². The van der Waals surface area contributed by atoms with Crippen molar-refractivity contribution >= 4 is 17.8 Å². The maximum Gasteiger partial charge on any atom is 0.387 e. The van der Waals surface area contributed by atoms with E-state index in [0.29, 0.717) is 17.7 Å². The molecular formula is C26H25F2NO5. The molecule has 0 atom stereocenters. The van der Waals surface area contributed by atoms with Gasteiger partial charge < -0.3 is 18.8 Å². The minimum absolute atomic E-state index is 0.0943. The van der Waals surface area contributed by atoms with Crippen molar-refractivity contribution in [3.05, 3.63) is 88.8 Å². The Balaban J connectivity index is 1.60. The van der Waals surface area contributed by atoms with Gasteiger partial charge in [-0.05, 0) is 49.2 Å². The Morgan fingerprint density at radius 2 is 1.76 bits per heavy atom. The van der Waals surface area contributed by atoms with Gasteiger partial charge in [0, 0.05) is 29.6 Å². The molecule has 0 fully saturated rings. The van der Waals surface area contributed by atoms with Gasteiger partial charge in [-0.25, -0.2) is 4.79 Å². The van der Waals surface area contributed by atoms with Gasteiger partial charge in [-0.2, -0.15) is 8.78 Å². The average molecular weight is 469 g/mol. The number of halogens is 2. The molecule has 1 heterocycles. The molecule has 3 aromatic rings. The van der Waals surface area contributed by atoms with Crippen molar-refractivity contribution in [3.8, 4) is 11.5 Å². The predicted octanol–water partition coefficient (Wildman–Crippen LogP) is 5.20. The molecule has 1 aromatic heterocycles. The predicted molar refractivity (Wildman–Crippen MR) is 123 cm³/mol. The molecule has 0 aliphatic rings. The first kappa shape index (κ1) is 24.7. The standard InChI is InChI=1S/C26H25F2NO5/c1-17-13-21(18(2)29(17)15-20-7-5-4-6-8-20)22(30)16-33-25(31)12-10-19-9-11-23(34-26(27)28)24(14-19)32-3/h4-14,26H,15-16H2,1-3H3. The van der Waals surface area contributed by atoms with Gasteiger partial charge in [0.05, 0.1) is 7.11 Å². The van der Waals surface area contributed by atoms with Crippen LogP contribution < -0.4 is 9.47 Å². The fraction of sp³-hybridized carbons (Fsp3) is 0.231. The van der Waals surface area contributed by atoms with Gasteiger partial charge in [0.25, 0.3) is 0 Å². The topological polar surface area (TPSA) is 66.8 Å². The number of methoxy groups -OCH3 is 1. The van der Waals surface area contributed by atoms with E-state index in [-0.39, 0.29) is 17.3 Å². The highest BCUT2D eigenvalue weighted by atomic mass is 19.3. The molecule has 8 heteroatoms. The highest BCUT2D eigenvalue weighted by molar-refractivity contribution is 6.00. The second-order valence-electron chi connectivity index (χ2n) is 7.51. The third-order valence-corrected chi connectivity index (χ3v) is 5.22. The summed E-state index contributed by atoms with van der Waals surface area (Å²) in [6, 6.07) is 15.9. The van der Waals surface area contributed by atoms with Gasteiger partial charge in [-0.3, -0.25) is 4.79 Å². The van der Waals surface area contributed by atoms with E-state index in [1.54, 1.807) is 6.07 Å². The lowest BCUT2D eigenvalue weighted by molar-refractivity contribution is -0.136. The maximum atomic E-state index is 12.7. The van der Waals surface area contributed by atoms with E-state index in [4.69, 9.17) is 9.47 Å². The van der Waals surface area contributed by atoms with Gasteiger partial charge in [0.1, 0.15) is 0 Å². The van der Waals surface area contributed by atoms with Crippen LogP contribution in [0.25, 0.3) is 6.08 Å². The number of carbonyl (C=O) groups excluding carboxylic acids is 2. The largest absolute Gasteiger partial charge is 0.493 e. The summed E-state index contributed by atoms with van der Waals surface area (Å²) < 4.78 is 41.4. The Hall–Kier alpha value is -3.94. The first-order valence-electron chi connectivity index (χ1n) is 10.5. The Morgan fingerprint density at radius 1 is 1.03 bits per heavy atom. The number of nitrogens with zero attached hydrogens (tertiary/aromatic N) is 1. The van der Waals surface area contributed by atoms with E-state index >= 15 is 0 Å². The van der Waals surface area contributed by atoms with Gasteiger partial charge in [0.15, 0.2) is 18.1 Å². The molecule has 3 rings (SSSR count). The number of esters is 1. The van der Waals surface area contributed by atoms with Crippen LogP contribution in [0.3, 0.4) is 0 Å². The monoisotopic (exact) mass is 469 g/mol. The number of Topliss-reactive ketones (excluding diaryl/α,β-unsaturated/α-hetero) is 1. The zero-order valence-electron chi connectivity index (χ0n) is 19.1. The van der Waals surface area contributed by atoms with Crippen LogP contribution in [0.4, 0.5) is 8.78 Å². The summed E-state index contributed by atoms with van der Waals surface area (Å²) in [5.41, 5.74) is 3.86. The molecule has 0 N–H and O–H groups in total. The van der Waals surface area contributed by atoms with Crippen LogP contribution in [0.2, 0.25) is 0 Å². The Bertz CT molecular complexity index is 1190. The smallest absolute Gasteiger partial charge is 0.387 e. The van der Waals surface area contributed by atoms with Crippen LogP contribution >= 0.6 is 0 Å². The molecule has 0 saturated carbocycles. The first-order valence-corrected chi connectivity index (χ1v) is 10.5. The summed E-state index contributed by atoms with van der Waals surface area (Å²) >= 11 is 0. The number of benzene rings is 2. The van der Waals surface area contributed by atoms with Gasteiger partial charge in [-0.15, -0.1) is 0 Å². The van der Waals surface area contributed by atoms with Gasteiger partial charge in [-0.1, -0.05) is 36.4 Å². The third-order valence-electron chi connectivity index (χ3n) is 5.22.